The maximum atomic E-state index is 12.1. The standard InChI is InChI=1S/C14H11F2NO3S/c15-14(16)20-9-5-3-8(4-6-9)12-17-10(7-1-2-7)11(21-12)13(18)19/h3-7,14H,1-2H2,(H,18,19). The lowest BCUT2D eigenvalue weighted by Crippen LogP contribution is -2.01. The van der Waals surface area contributed by atoms with Gasteiger partial charge in [0.05, 0.1) is 5.69 Å². The summed E-state index contributed by atoms with van der Waals surface area (Å²) >= 11 is 1.11. The first-order valence-electron chi connectivity index (χ1n) is 6.34. The molecule has 0 aliphatic heterocycles. The fraction of sp³-hybridized carbons (Fsp3) is 0.286. The highest BCUT2D eigenvalue weighted by Gasteiger charge is 2.32. The number of carbonyl (C=O) groups is 1. The van der Waals surface area contributed by atoms with Crippen molar-refractivity contribution in [1.82, 2.24) is 4.98 Å². The lowest BCUT2D eigenvalue weighted by atomic mass is 10.2. The summed E-state index contributed by atoms with van der Waals surface area (Å²) in [5.41, 5.74) is 1.33. The monoisotopic (exact) mass is 311 g/mol. The number of alkyl halides is 2. The molecule has 1 N–H and O–H groups in total. The Morgan fingerprint density at radius 1 is 1.33 bits per heavy atom. The Kier molecular flexibility index (Phi) is 3.59. The third-order valence-electron chi connectivity index (χ3n) is 3.14. The molecule has 1 aliphatic carbocycles. The number of carboxylic acids is 1. The van der Waals surface area contributed by atoms with E-state index in [0.717, 1.165) is 24.2 Å². The van der Waals surface area contributed by atoms with Crippen molar-refractivity contribution in [2.24, 2.45) is 0 Å². The third-order valence-corrected chi connectivity index (χ3v) is 4.25. The largest absolute Gasteiger partial charge is 0.477 e. The van der Waals surface area contributed by atoms with Crippen LogP contribution in [0.1, 0.15) is 34.1 Å². The van der Waals surface area contributed by atoms with Gasteiger partial charge in [-0.15, -0.1) is 11.3 Å². The molecule has 0 radical (unpaired) electrons. The van der Waals surface area contributed by atoms with Crippen molar-refractivity contribution in [2.75, 3.05) is 0 Å². The number of hydrogen-bond acceptors (Lipinski definition) is 4. The number of hydrogen-bond donors (Lipinski definition) is 1. The van der Waals surface area contributed by atoms with Gasteiger partial charge in [0.25, 0.3) is 0 Å². The summed E-state index contributed by atoms with van der Waals surface area (Å²) in [5, 5.41) is 9.79. The molecule has 1 heterocycles. The smallest absolute Gasteiger partial charge is 0.387 e. The summed E-state index contributed by atoms with van der Waals surface area (Å²) in [7, 11) is 0. The molecule has 7 heteroatoms. The predicted molar refractivity (Wildman–Crippen MR) is 73.1 cm³/mol. The second kappa shape index (κ2) is 5.40. The van der Waals surface area contributed by atoms with E-state index >= 15 is 0 Å². The zero-order valence-corrected chi connectivity index (χ0v) is 11.6. The molecule has 1 aromatic carbocycles. The SMILES string of the molecule is O=C(O)c1sc(-c2ccc(OC(F)F)cc2)nc1C1CC1. The van der Waals surface area contributed by atoms with E-state index < -0.39 is 12.6 Å². The Bertz CT molecular complexity index is 665. The van der Waals surface area contributed by atoms with Gasteiger partial charge in [0.2, 0.25) is 0 Å². The topological polar surface area (TPSA) is 59.4 Å². The Morgan fingerprint density at radius 3 is 2.52 bits per heavy atom. The number of aromatic carboxylic acids is 1. The van der Waals surface area contributed by atoms with Crippen LogP contribution in [0.5, 0.6) is 5.75 Å². The number of carboxylic acid groups (broad SMARTS) is 1. The van der Waals surface area contributed by atoms with Gasteiger partial charge in [0.1, 0.15) is 15.6 Å². The second-order valence-electron chi connectivity index (χ2n) is 4.72. The first-order valence-corrected chi connectivity index (χ1v) is 7.15. The molecule has 0 spiro atoms. The zero-order chi connectivity index (χ0) is 15.0. The van der Waals surface area contributed by atoms with Crippen molar-refractivity contribution in [2.45, 2.75) is 25.4 Å². The minimum atomic E-state index is -2.87. The van der Waals surface area contributed by atoms with Crippen molar-refractivity contribution < 1.29 is 23.4 Å². The number of rotatable bonds is 5. The van der Waals surface area contributed by atoms with Crippen LogP contribution < -0.4 is 4.74 Å². The molecule has 1 fully saturated rings. The summed E-state index contributed by atoms with van der Waals surface area (Å²) in [4.78, 5) is 15.9. The molecule has 4 nitrogen and oxygen atoms in total. The highest BCUT2D eigenvalue weighted by atomic mass is 32.1. The van der Waals surface area contributed by atoms with Gasteiger partial charge in [-0.05, 0) is 37.1 Å². The van der Waals surface area contributed by atoms with Crippen molar-refractivity contribution in [3.63, 3.8) is 0 Å². The van der Waals surface area contributed by atoms with Crippen LogP contribution >= 0.6 is 11.3 Å². The highest BCUT2D eigenvalue weighted by molar-refractivity contribution is 7.17. The van der Waals surface area contributed by atoms with Crippen LogP contribution in [0.25, 0.3) is 10.6 Å². The fourth-order valence-electron chi connectivity index (χ4n) is 2.02. The maximum absolute atomic E-state index is 12.1. The number of benzene rings is 1. The van der Waals surface area contributed by atoms with Gasteiger partial charge >= 0.3 is 12.6 Å². The van der Waals surface area contributed by atoms with Crippen molar-refractivity contribution in [3.05, 3.63) is 34.8 Å². The minimum Gasteiger partial charge on any atom is -0.477 e. The number of nitrogens with zero attached hydrogens (tertiary/aromatic N) is 1. The summed E-state index contributed by atoms with van der Waals surface area (Å²) in [6, 6.07) is 6.03. The molecule has 1 aromatic heterocycles. The van der Waals surface area contributed by atoms with E-state index in [-0.39, 0.29) is 16.5 Å². The highest BCUT2D eigenvalue weighted by Crippen LogP contribution is 2.44. The molecule has 2 aromatic rings. The average molecular weight is 311 g/mol. The molecule has 21 heavy (non-hydrogen) atoms. The fourth-order valence-corrected chi connectivity index (χ4v) is 3.02. The zero-order valence-electron chi connectivity index (χ0n) is 10.8. The molecule has 0 unspecified atom stereocenters. The average Bonchev–Trinajstić information content (AvgIpc) is 3.18. The number of halogens is 2. The van der Waals surface area contributed by atoms with E-state index in [0.29, 0.717) is 16.3 Å². The van der Waals surface area contributed by atoms with E-state index in [1.54, 1.807) is 12.1 Å². The first kappa shape index (κ1) is 13.9. The lowest BCUT2D eigenvalue weighted by Gasteiger charge is -2.04. The number of aromatic nitrogens is 1. The maximum Gasteiger partial charge on any atom is 0.387 e. The van der Waals surface area contributed by atoms with Gasteiger partial charge in [-0.25, -0.2) is 9.78 Å². The normalized spacial score (nSPS) is 14.4. The summed E-state index contributed by atoms with van der Waals surface area (Å²) in [5.74, 6) is -0.674. The van der Waals surface area contributed by atoms with Crippen LogP contribution in [0.2, 0.25) is 0 Å². The van der Waals surface area contributed by atoms with E-state index in [9.17, 15) is 18.7 Å². The first-order chi connectivity index (χ1) is 10.0. The lowest BCUT2D eigenvalue weighted by molar-refractivity contribution is -0.0498. The molecule has 110 valence electrons. The van der Waals surface area contributed by atoms with Crippen molar-refractivity contribution in [1.29, 1.82) is 0 Å². The molecule has 0 amide bonds. The molecule has 0 bridgehead atoms. The van der Waals surface area contributed by atoms with Gasteiger partial charge < -0.3 is 9.84 Å². The Balaban J connectivity index is 1.89. The van der Waals surface area contributed by atoms with E-state index in [4.69, 9.17) is 0 Å². The van der Waals surface area contributed by atoms with E-state index in [1.807, 2.05) is 0 Å². The number of thiazole rings is 1. The van der Waals surface area contributed by atoms with Gasteiger partial charge in [0.15, 0.2) is 0 Å². The third kappa shape index (κ3) is 3.02. The van der Waals surface area contributed by atoms with Crippen molar-refractivity contribution >= 4 is 17.3 Å². The Labute approximate surface area is 123 Å². The van der Waals surface area contributed by atoms with Crippen LogP contribution in [0.3, 0.4) is 0 Å². The van der Waals surface area contributed by atoms with Gasteiger partial charge in [0, 0.05) is 11.5 Å². The molecule has 0 saturated heterocycles. The molecule has 3 rings (SSSR count). The van der Waals surface area contributed by atoms with Crippen LogP contribution in [-0.2, 0) is 0 Å². The molecule has 1 saturated carbocycles. The summed E-state index contributed by atoms with van der Waals surface area (Å²) in [6.45, 7) is -2.87. The van der Waals surface area contributed by atoms with Gasteiger partial charge in [-0.3, -0.25) is 0 Å². The molecule has 0 atom stereocenters. The molecular weight excluding hydrogens is 300 g/mol. The Morgan fingerprint density at radius 2 is 2.00 bits per heavy atom. The van der Waals surface area contributed by atoms with Crippen molar-refractivity contribution in [3.8, 4) is 16.3 Å². The Hall–Kier alpha value is -2.02. The van der Waals surface area contributed by atoms with Gasteiger partial charge in [-0.2, -0.15) is 8.78 Å². The second-order valence-corrected chi connectivity index (χ2v) is 5.71. The minimum absolute atomic E-state index is 0.0613. The van der Waals surface area contributed by atoms with Crippen LogP contribution in [0.15, 0.2) is 24.3 Å². The van der Waals surface area contributed by atoms with E-state index in [1.165, 1.54) is 12.1 Å². The molecule has 1 aliphatic rings. The quantitative estimate of drug-likeness (QED) is 0.907. The van der Waals surface area contributed by atoms with E-state index in [2.05, 4.69) is 9.72 Å². The van der Waals surface area contributed by atoms with Crippen LogP contribution in [0.4, 0.5) is 8.78 Å². The summed E-state index contributed by atoms with van der Waals surface area (Å²) in [6.07, 6.45) is 1.93. The van der Waals surface area contributed by atoms with Crippen LogP contribution in [-0.4, -0.2) is 22.7 Å². The molecular formula is C14H11F2NO3S. The van der Waals surface area contributed by atoms with Crippen LogP contribution in [0, 0.1) is 0 Å². The summed E-state index contributed by atoms with van der Waals surface area (Å²) < 4.78 is 28.5. The predicted octanol–water partition coefficient (Wildman–Crippen LogP) is 3.99. The number of ether oxygens (including phenoxy) is 1. The van der Waals surface area contributed by atoms with Gasteiger partial charge in [-0.1, -0.05) is 0 Å².